The van der Waals surface area contributed by atoms with Crippen LogP contribution in [0.2, 0.25) is 17.5 Å². The topological polar surface area (TPSA) is 0 Å². The molecule has 1 saturated heterocycles. The Morgan fingerprint density at radius 2 is 1.60 bits per heavy atom. The van der Waals surface area contributed by atoms with Crippen LogP contribution in [0.15, 0.2) is 47.5 Å². The van der Waals surface area contributed by atoms with E-state index in [9.17, 15) is 0 Å². The molecule has 1 aliphatic heterocycles. The normalized spacial score (nSPS) is 25.0. The van der Waals surface area contributed by atoms with E-state index in [0.29, 0.717) is 11.9 Å². The van der Waals surface area contributed by atoms with Crippen molar-refractivity contribution in [3.63, 3.8) is 0 Å². The molecule has 1 heterocycles. The van der Waals surface area contributed by atoms with Crippen LogP contribution in [0.5, 0.6) is 0 Å². The maximum absolute atomic E-state index is 2.53. The van der Waals surface area contributed by atoms with Gasteiger partial charge in [-0.2, -0.15) is 0 Å². The van der Waals surface area contributed by atoms with E-state index in [-0.39, 0.29) is 0 Å². The molecule has 0 aromatic rings. The summed E-state index contributed by atoms with van der Waals surface area (Å²) in [5.74, 6) is 7.22. The lowest BCUT2D eigenvalue weighted by atomic mass is 9.43. The Bertz CT molecular complexity index is 542. The lowest BCUT2D eigenvalue weighted by Gasteiger charge is -2.23. The molecule has 0 bridgehead atoms. The van der Waals surface area contributed by atoms with E-state index in [1.165, 1.54) is 36.8 Å². The Hall–Kier alpha value is -0.560. The van der Waals surface area contributed by atoms with Gasteiger partial charge in [-0.25, -0.2) is 11.5 Å². The van der Waals surface area contributed by atoms with Gasteiger partial charge >= 0.3 is 0 Å². The third-order valence-electron chi connectivity index (χ3n) is 5.72. The average molecular weight is 354 g/mol. The summed E-state index contributed by atoms with van der Waals surface area (Å²) in [7, 11) is 0. The van der Waals surface area contributed by atoms with Gasteiger partial charge in [-0.15, -0.1) is 5.98 Å². The molecule has 2 atom stereocenters. The smallest absolute Gasteiger partial charge is 0.225 e. The molecule has 2 unspecified atom stereocenters. The molecule has 0 amide bonds. The molecule has 0 N–H and O–H groups in total. The molecule has 0 spiro atoms. The van der Waals surface area contributed by atoms with Gasteiger partial charge < -0.3 is 0 Å². The first-order chi connectivity index (χ1) is 12.0. The summed E-state index contributed by atoms with van der Waals surface area (Å²) in [6, 6.07) is 0. The Kier molecular flexibility index (Phi) is 8.26. The quantitative estimate of drug-likeness (QED) is 0.423. The third-order valence-corrected chi connectivity index (χ3v) is 7.75. The highest BCUT2D eigenvalue weighted by atomic mass is 32.2. The Balaban J connectivity index is 2.03. The molecule has 3 heteroatoms. The van der Waals surface area contributed by atoms with Gasteiger partial charge in [-0.1, -0.05) is 102 Å². The summed E-state index contributed by atoms with van der Waals surface area (Å²) in [5, 5.41) is 0. The summed E-state index contributed by atoms with van der Waals surface area (Å²) < 4.78 is 0. The second-order valence-electron chi connectivity index (χ2n) is 8.40. The maximum Gasteiger partial charge on any atom is 0.225 e. The minimum absolute atomic E-state index is 0.636. The van der Waals surface area contributed by atoms with E-state index in [1.807, 2.05) is 0 Å². The third kappa shape index (κ3) is 5.71. The molecule has 1 fully saturated rings. The zero-order valence-electron chi connectivity index (χ0n) is 17.2. The van der Waals surface area contributed by atoms with E-state index in [4.69, 9.17) is 0 Å². The van der Waals surface area contributed by atoms with Gasteiger partial charge in [-0.05, 0) is 29.9 Å². The van der Waals surface area contributed by atoms with Gasteiger partial charge in [0.25, 0.3) is 0 Å². The second kappa shape index (κ2) is 9.95. The molecule has 0 aromatic heterocycles. The van der Waals surface area contributed by atoms with E-state index in [1.54, 1.807) is 0 Å². The largest absolute Gasteiger partial charge is 0.248 e. The molecule has 1 aliphatic carbocycles. The van der Waals surface area contributed by atoms with Crippen LogP contribution in [0.4, 0.5) is 0 Å². The van der Waals surface area contributed by atoms with Crippen molar-refractivity contribution in [1.82, 2.24) is 0 Å². The van der Waals surface area contributed by atoms with Gasteiger partial charge in [0.2, 0.25) is 12.0 Å². The number of rotatable bonds is 7. The number of hydrogen-bond donors (Lipinski definition) is 0. The number of hydrogen-bond acceptors (Lipinski definition) is 1. The van der Waals surface area contributed by atoms with Crippen molar-refractivity contribution in [1.29, 1.82) is 0 Å². The van der Waals surface area contributed by atoms with Gasteiger partial charge in [0.05, 0.1) is 0 Å². The monoisotopic (exact) mass is 354 g/mol. The SMILES string of the molecule is CCC1B(/C=C/C2=CC=C(/C=C/C(C)C)CC2)SB(C(C)C)C1CC. The maximum atomic E-state index is 2.53. The zero-order valence-corrected chi connectivity index (χ0v) is 18.0. The predicted octanol–water partition coefficient (Wildman–Crippen LogP) is 7.64. The highest BCUT2D eigenvalue weighted by Crippen LogP contribution is 2.53. The van der Waals surface area contributed by atoms with E-state index < -0.39 is 0 Å². The number of allylic oxidation sites excluding steroid dienone is 7. The van der Waals surface area contributed by atoms with Crippen LogP contribution >= 0.6 is 11.5 Å². The Morgan fingerprint density at radius 1 is 1.00 bits per heavy atom. The molecule has 2 aliphatic rings. The van der Waals surface area contributed by atoms with Crippen LogP contribution in [-0.2, 0) is 0 Å². The van der Waals surface area contributed by atoms with Crippen LogP contribution in [0, 0.1) is 5.92 Å². The van der Waals surface area contributed by atoms with Crippen molar-refractivity contribution in [2.45, 2.75) is 84.7 Å². The summed E-state index contributed by atoms with van der Waals surface area (Å²) >= 11 is 2.24. The van der Waals surface area contributed by atoms with Gasteiger partial charge in [-0.3, -0.25) is 0 Å². The fourth-order valence-electron chi connectivity index (χ4n) is 4.26. The minimum atomic E-state index is 0.636. The lowest BCUT2D eigenvalue weighted by molar-refractivity contribution is 0.679. The molecule has 0 nitrogen and oxygen atoms in total. The predicted molar refractivity (Wildman–Crippen MR) is 121 cm³/mol. The first kappa shape index (κ1) is 20.7. The van der Waals surface area contributed by atoms with Crippen molar-refractivity contribution in [2.24, 2.45) is 5.92 Å². The summed E-state index contributed by atoms with van der Waals surface area (Å²) in [6.45, 7) is 14.0. The van der Waals surface area contributed by atoms with Crippen LogP contribution in [0.1, 0.15) is 67.2 Å². The summed E-state index contributed by atoms with van der Waals surface area (Å²) in [6.07, 6.45) is 16.7. The molecular formula is C22H36B2S. The molecular weight excluding hydrogens is 318 g/mol. The average Bonchev–Trinajstić information content (AvgIpc) is 2.96. The van der Waals surface area contributed by atoms with E-state index in [2.05, 4.69) is 89.4 Å². The van der Waals surface area contributed by atoms with Crippen LogP contribution in [0.3, 0.4) is 0 Å². The van der Waals surface area contributed by atoms with E-state index >= 15 is 0 Å². The minimum Gasteiger partial charge on any atom is -0.248 e. The van der Waals surface area contributed by atoms with Crippen molar-refractivity contribution < 1.29 is 0 Å². The molecule has 0 radical (unpaired) electrons. The van der Waals surface area contributed by atoms with Gasteiger partial charge in [0, 0.05) is 0 Å². The molecule has 0 aromatic carbocycles. The lowest BCUT2D eigenvalue weighted by Crippen LogP contribution is -2.17. The molecule has 136 valence electrons. The zero-order chi connectivity index (χ0) is 18.4. The first-order valence-electron chi connectivity index (χ1n) is 10.4. The molecule has 0 saturated carbocycles. The highest BCUT2D eigenvalue weighted by Gasteiger charge is 2.45. The van der Waals surface area contributed by atoms with Gasteiger partial charge in [0.15, 0.2) is 0 Å². The van der Waals surface area contributed by atoms with Gasteiger partial charge in [0.1, 0.15) is 0 Å². The Labute approximate surface area is 161 Å². The van der Waals surface area contributed by atoms with Crippen molar-refractivity contribution in [3.05, 3.63) is 47.5 Å². The van der Waals surface area contributed by atoms with Crippen LogP contribution in [-0.4, -0.2) is 12.0 Å². The van der Waals surface area contributed by atoms with Crippen molar-refractivity contribution in [3.8, 4) is 0 Å². The fourth-order valence-corrected chi connectivity index (χ4v) is 6.30. The second-order valence-corrected chi connectivity index (χ2v) is 9.76. The summed E-state index contributed by atoms with van der Waals surface area (Å²) in [5.41, 5.74) is 2.97. The highest BCUT2D eigenvalue weighted by molar-refractivity contribution is 8.46. The standard InChI is InChI=1S/C22H36B2S/c1-7-21-22(8-2)24(18(5)6)25-23(21)16-15-20-13-11-19(12-14-20)10-9-17(3)4/h9-11,13,15-18,21-22H,7-8,12,14H2,1-6H3/b10-9+,16-15+. The summed E-state index contributed by atoms with van der Waals surface area (Å²) in [4.78, 5) is 0. The van der Waals surface area contributed by atoms with E-state index in [0.717, 1.165) is 23.4 Å². The Morgan fingerprint density at radius 3 is 2.08 bits per heavy atom. The van der Waals surface area contributed by atoms with Crippen LogP contribution in [0.25, 0.3) is 0 Å². The van der Waals surface area contributed by atoms with Crippen molar-refractivity contribution >= 4 is 23.4 Å². The fraction of sp³-hybridized carbons (Fsp3) is 0.636. The van der Waals surface area contributed by atoms with Crippen LogP contribution < -0.4 is 0 Å². The first-order valence-corrected chi connectivity index (χ1v) is 11.3. The molecule has 25 heavy (non-hydrogen) atoms. The van der Waals surface area contributed by atoms with Crippen molar-refractivity contribution in [2.75, 3.05) is 0 Å². The molecule has 2 rings (SSSR count).